The number of hydrogen-bond acceptors (Lipinski definition) is 7. The molecule has 0 aliphatic rings. The van der Waals surface area contributed by atoms with E-state index in [0.717, 1.165) is 5.56 Å². The van der Waals surface area contributed by atoms with Crippen LogP contribution in [0.25, 0.3) is 0 Å². The Kier molecular flexibility index (Phi) is 7.67. The van der Waals surface area contributed by atoms with E-state index in [1.54, 1.807) is 19.9 Å². The van der Waals surface area contributed by atoms with Crippen molar-refractivity contribution in [2.45, 2.75) is 26.8 Å². The van der Waals surface area contributed by atoms with E-state index < -0.39 is 23.7 Å². The van der Waals surface area contributed by atoms with Crippen LogP contribution in [0.4, 0.5) is 15.9 Å². The highest BCUT2D eigenvalue weighted by molar-refractivity contribution is 5.99. The Morgan fingerprint density at radius 1 is 1.23 bits per heavy atom. The number of ether oxygens (including phenoxy) is 1. The minimum atomic E-state index is -0.760. The monoisotopic (exact) mass is 420 g/mol. The summed E-state index contributed by atoms with van der Waals surface area (Å²) in [5.41, 5.74) is 8.47. The van der Waals surface area contributed by atoms with E-state index in [-0.39, 0.29) is 35.8 Å². The van der Waals surface area contributed by atoms with Crippen molar-refractivity contribution in [1.29, 1.82) is 0 Å². The lowest BCUT2D eigenvalue weighted by Crippen LogP contribution is -2.32. The molecule has 2 aromatic rings. The van der Waals surface area contributed by atoms with Gasteiger partial charge in [-0.05, 0) is 44.5 Å². The number of hydrogen-bond donors (Lipinski definition) is 3. The molecule has 1 aromatic carbocycles. The van der Waals surface area contributed by atoms with Gasteiger partial charge in [0.2, 0.25) is 0 Å². The molecule has 1 atom stereocenters. The molecule has 1 heterocycles. The second-order valence-electron chi connectivity index (χ2n) is 6.80. The molecule has 2 rings (SSSR count). The molecule has 10 heteroatoms. The van der Waals surface area contributed by atoms with Gasteiger partial charge in [0.25, 0.3) is 11.5 Å². The number of hydroxylamine groups is 1. The highest BCUT2D eigenvalue weighted by Crippen LogP contribution is 2.23. The average molecular weight is 420 g/mol. The van der Waals surface area contributed by atoms with Crippen LogP contribution in [-0.2, 0) is 21.4 Å². The number of nitrogens with one attached hydrogen (secondary N) is 2. The topological polar surface area (TPSA) is 125 Å². The number of carbonyl (C=O) groups excluding carboxylic acids is 2. The first-order valence-electron chi connectivity index (χ1n) is 9.20. The number of rotatable bonds is 8. The maximum absolute atomic E-state index is 14.3. The molecule has 30 heavy (non-hydrogen) atoms. The number of benzene rings is 1. The molecule has 0 unspecified atom stereocenters. The second kappa shape index (κ2) is 9.99. The number of pyridine rings is 1. The molecule has 4 N–H and O–H groups in total. The molecule has 0 aliphatic carbocycles. The quantitative estimate of drug-likeness (QED) is 0.335. The summed E-state index contributed by atoms with van der Waals surface area (Å²) in [6, 6.07) is 5.17. The van der Waals surface area contributed by atoms with Crippen molar-refractivity contribution >= 4 is 23.4 Å². The van der Waals surface area contributed by atoms with E-state index in [9.17, 15) is 18.8 Å². The van der Waals surface area contributed by atoms with E-state index in [4.69, 9.17) is 15.3 Å². The minimum Gasteiger partial charge on any atom is -0.462 e. The van der Waals surface area contributed by atoms with E-state index in [2.05, 4.69) is 10.8 Å². The van der Waals surface area contributed by atoms with Crippen molar-refractivity contribution in [3.63, 3.8) is 0 Å². The molecule has 1 aromatic heterocycles. The summed E-state index contributed by atoms with van der Waals surface area (Å²) >= 11 is 0. The number of nitrogens with zero attached hydrogens (tertiary/aromatic N) is 1. The number of carbonyl (C=O) groups is 2. The Labute approximate surface area is 172 Å². The number of amides is 1. The number of aromatic nitrogens is 1. The van der Waals surface area contributed by atoms with Crippen molar-refractivity contribution in [1.82, 2.24) is 10.0 Å². The third kappa shape index (κ3) is 5.65. The highest BCUT2D eigenvalue weighted by atomic mass is 19.1. The van der Waals surface area contributed by atoms with Crippen LogP contribution in [-0.4, -0.2) is 35.7 Å². The second-order valence-corrected chi connectivity index (χ2v) is 6.80. The molecule has 0 aliphatic heterocycles. The van der Waals surface area contributed by atoms with Gasteiger partial charge in [-0.3, -0.25) is 23.8 Å². The van der Waals surface area contributed by atoms with Crippen LogP contribution in [0.3, 0.4) is 0 Å². The van der Waals surface area contributed by atoms with Gasteiger partial charge in [-0.1, -0.05) is 6.07 Å². The summed E-state index contributed by atoms with van der Waals surface area (Å²) in [6.07, 6.45) is 0. The molecule has 0 saturated carbocycles. The predicted molar refractivity (Wildman–Crippen MR) is 109 cm³/mol. The standard InChI is InChI=1S/C20H25FN4O5/c1-11-5-6-16(15(21)9-11)23-17-14(10-12(2)19(27)25(17)4)18(26)24-30-8-7-29-20(28)13(3)22/h5-6,9-10,13,23H,7-8,22H2,1-4H3,(H,24,26)/t13-/m0/s1. The maximum atomic E-state index is 14.3. The molecule has 0 radical (unpaired) electrons. The smallest absolute Gasteiger partial charge is 0.322 e. The summed E-state index contributed by atoms with van der Waals surface area (Å²) in [5.74, 6) is -1.69. The minimum absolute atomic E-state index is 0.0714. The van der Waals surface area contributed by atoms with Crippen LogP contribution in [0.15, 0.2) is 29.1 Å². The number of anilines is 2. The number of nitrogens with two attached hydrogens (primary N) is 1. The van der Waals surface area contributed by atoms with Crippen molar-refractivity contribution in [2.24, 2.45) is 12.8 Å². The van der Waals surface area contributed by atoms with Crippen LogP contribution in [0.2, 0.25) is 0 Å². The van der Waals surface area contributed by atoms with Crippen molar-refractivity contribution < 1.29 is 23.6 Å². The predicted octanol–water partition coefficient (Wildman–Crippen LogP) is 1.44. The SMILES string of the molecule is Cc1ccc(Nc2c(C(=O)NOCCOC(=O)[C@H](C)N)cc(C)c(=O)n2C)c(F)c1. The van der Waals surface area contributed by atoms with Gasteiger partial charge in [-0.15, -0.1) is 0 Å². The van der Waals surface area contributed by atoms with Crippen molar-refractivity contribution in [3.05, 3.63) is 57.1 Å². The van der Waals surface area contributed by atoms with E-state index >= 15 is 0 Å². The van der Waals surface area contributed by atoms with Gasteiger partial charge in [0.15, 0.2) is 0 Å². The fourth-order valence-electron chi connectivity index (χ4n) is 2.55. The lowest BCUT2D eigenvalue weighted by atomic mass is 10.1. The summed E-state index contributed by atoms with van der Waals surface area (Å²) in [7, 11) is 1.47. The summed E-state index contributed by atoms with van der Waals surface area (Å²) in [6.45, 7) is 4.58. The zero-order valence-electron chi connectivity index (χ0n) is 17.2. The first kappa shape index (κ1) is 23.0. The number of halogens is 1. The Morgan fingerprint density at radius 3 is 2.57 bits per heavy atom. The zero-order chi connectivity index (χ0) is 22.4. The molecule has 0 bridgehead atoms. The number of aryl methyl sites for hydroxylation is 2. The summed E-state index contributed by atoms with van der Waals surface area (Å²) < 4.78 is 20.3. The van der Waals surface area contributed by atoms with Crippen LogP contribution in [0.1, 0.15) is 28.4 Å². The van der Waals surface area contributed by atoms with Crippen LogP contribution in [0.5, 0.6) is 0 Å². The molecular formula is C20H25FN4O5. The maximum Gasteiger partial charge on any atom is 0.322 e. The molecule has 0 saturated heterocycles. The van der Waals surface area contributed by atoms with E-state index in [1.807, 2.05) is 0 Å². The van der Waals surface area contributed by atoms with Gasteiger partial charge in [0.1, 0.15) is 30.9 Å². The molecular weight excluding hydrogens is 395 g/mol. The molecule has 0 fully saturated rings. The molecule has 0 spiro atoms. The Bertz CT molecular complexity index is 1000. The average Bonchev–Trinajstić information content (AvgIpc) is 2.69. The summed E-state index contributed by atoms with van der Waals surface area (Å²) in [5, 5.41) is 2.80. The highest BCUT2D eigenvalue weighted by Gasteiger charge is 2.19. The largest absolute Gasteiger partial charge is 0.462 e. The van der Waals surface area contributed by atoms with Crippen molar-refractivity contribution in [3.8, 4) is 0 Å². The lowest BCUT2D eigenvalue weighted by molar-refractivity contribution is -0.146. The van der Waals surface area contributed by atoms with E-state index in [0.29, 0.717) is 5.56 Å². The summed E-state index contributed by atoms with van der Waals surface area (Å²) in [4.78, 5) is 41.2. The number of esters is 1. The van der Waals surface area contributed by atoms with Gasteiger partial charge in [-0.2, -0.15) is 0 Å². The first-order chi connectivity index (χ1) is 14.1. The fourth-order valence-corrected chi connectivity index (χ4v) is 2.55. The van der Waals surface area contributed by atoms with Crippen LogP contribution in [0, 0.1) is 19.7 Å². The van der Waals surface area contributed by atoms with Crippen molar-refractivity contribution in [2.75, 3.05) is 18.5 Å². The first-order valence-corrected chi connectivity index (χ1v) is 9.20. The van der Waals surface area contributed by atoms with Crippen LogP contribution >= 0.6 is 0 Å². The van der Waals surface area contributed by atoms with Gasteiger partial charge in [0, 0.05) is 12.6 Å². The third-order valence-corrected chi connectivity index (χ3v) is 4.18. The van der Waals surface area contributed by atoms with Crippen LogP contribution < -0.4 is 22.1 Å². The Morgan fingerprint density at radius 2 is 1.93 bits per heavy atom. The lowest BCUT2D eigenvalue weighted by Gasteiger charge is -2.17. The Balaban J connectivity index is 2.17. The Hall–Kier alpha value is -3.24. The molecule has 162 valence electrons. The van der Waals surface area contributed by atoms with Gasteiger partial charge >= 0.3 is 5.97 Å². The fraction of sp³-hybridized carbons (Fsp3) is 0.350. The molecule has 9 nitrogen and oxygen atoms in total. The van der Waals surface area contributed by atoms with Gasteiger partial charge < -0.3 is 15.8 Å². The zero-order valence-corrected chi connectivity index (χ0v) is 17.2. The van der Waals surface area contributed by atoms with E-state index in [1.165, 1.54) is 36.7 Å². The van der Waals surface area contributed by atoms with Gasteiger partial charge in [0.05, 0.1) is 11.3 Å². The molecule has 1 amide bonds. The van der Waals surface area contributed by atoms with Gasteiger partial charge in [-0.25, -0.2) is 9.87 Å². The third-order valence-electron chi connectivity index (χ3n) is 4.18. The normalized spacial score (nSPS) is 11.7.